The number of aromatic nitrogens is 2. The fraction of sp³-hybridized carbons (Fsp3) is 0. The maximum Gasteiger partial charge on any atom is 0.276 e. The summed E-state index contributed by atoms with van der Waals surface area (Å²) in [6.07, 6.45) is 0. The second kappa shape index (κ2) is 3.15. The van der Waals surface area contributed by atoms with E-state index in [-0.39, 0.29) is 5.56 Å². The largest absolute Gasteiger partial charge is 0.276 e. The van der Waals surface area contributed by atoms with Crippen LogP contribution in [0.3, 0.4) is 0 Å². The molecule has 0 aliphatic heterocycles. The molecule has 1 aromatic carbocycles. The minimum Gasteiger partial charge on any atom is -0.267 e. The Kier molecular flexibility index (Phi) is 1.73. The average Bonchev–Trinajstić information content (AvgIpc) is 2.92. The summed E-state index contributed by atoms with van der Waals surface area (Å²) in [6.45, 7) is 0. The number of thiazole rings is 1. The van der Waals surface area contributed by atoms with Crippen molar-refractivity contribution in [3.05, 3.63) is 46.1 Å². The van der Waals surface area contributed by atoms with Gasteiger partial charge in [0, 0.05) is 0 Å². The molecule has 0 N–H and O–H groups in total. The minimum atomic E-state index is 0.0393. The van der Waals surface area contributed by atoms with Crippen molar-refractivity contribution in [2.75, 3.05) is 0 Å². The van der Waals surface area contributed by atoms with Crippen molar-refractivity contribution in [3.63, 3.8) is 0 Å². The highest BCUT2D eigenvalue weighted by atomic mass is 32.1. The van der Waals surface area contributed by atoms with Gasteiger partial charge in [0.1, 0.15) is 4.70 Å². The van der Waals surface area contributed by atoms with Crippen LogP contribution in [0, 0.1) is 0 Å². The van der Waals surface area contributed by atoms with Gasteiger partial charge in [0.05, 0.1) is 15.7 Å². The van der Waals surface area contributed by atoms with Gasteiger partial charge in [0.15, 0.2) is 4.96 Å². The number of hydrogen-bond donors (Lipinski definition) is 0. The first kappa shape index (κ1) is 9.32. The molecule has 0 atom stereocenters. The SMILES string of the molecule is O=c1c2sccc2nc2sc3ccccc3n12. The van der Waals surface area contributed by atoms with Crippen LogP contribution in [0.4, 0.5) is 0 Å². The highest BCUT2D eigenvalue weighted by Crippen LogP contribution is 2.25. The zero-order valence-electron chi connectivity index (χ0n) is 8.58. The maximum atomic E-state index is 12.4. The molecule has 4 rings (SSSR count). The van der Waals surface area contributed by atoms with E-state index < -0.39 is 0 Å². The molecule has 3 nitrogen and oxygen atoms in total. The summed E-state index contributed by atoms with van der Waals surface area (Å²) < 4.78 is 3.53. The zero-order chi connectivity index (χ0) is 11.4. The molecule has 0 radical (unpaired) electrons. The molecule has 0 saturated heterocycles. The monoisotopic (exact) mass is 258 g/mol. The van der Waals surface area contributed by atoms with Crippen molar-refractivity contribution in [1.29, 1.82) is 0 Å². The average molecular weight is 258 g/mol. The molecule has 17 heavy (non-hydrogen) atoms. The van der Waals surface area contributed by atoms with Gasteiger partial charge in [-0.05, 0) is 23.6 Å². The summed E-state index contributed by atoms with van der Waals surface area (Å²) in [5.74, 6) is 0. The van der Waals surface area contributed by atoms with Gasteiger partial charge in [-0.1, -0.05) is 23.5 Å². The number of hydrogen-bond acceptors (Lipinski definition) is 4. The van der Waals surface area contributed by atoms with Crippen molar-refractivity contribution in [2.45, 2.75) is 0 Å². The van der Waals surface area contributed by atoms with Crippen LogP contribution in [0.1, 0.15) is 0 Å². The summed E-state index contributed by atoms with van der Waals surface area (Å²) in [5.41, 5.74) is 1.78. The molecule has 82 valence electrons. The maximum absolute atomic E-state index is 12.4. The van der Waals surface area contributed by atoms with Crippen LogP contribution in [0.5, 0.6) is 0 Å². The van der Waals surface area contributed by atoms with Crippen molar-refractivity contribution in [1.82, 2.24) is 9.38 Å². The van der Waals surface area contributed by atoms with Crippen LogP contribution in [-0.2, 0) is 0 Å². The molecule has 3 heterocycles. The lowest BCUT2D eigenvalue weighted by molar-refractivity contribution is 1.17. The third-order valence-electron chi connectivity index (χ3n) is 2.76. The zero-order valence-corrected chi connectivity index (χ0v) is 10.2. The van der Waals surface area contributed by atoms with Crippen LogP contribution < -0.4 is 5.56 Å². The minimum absolute atomic E-state index is 0.0393. The summed E-state index contributed by atoms with van der Waals surface area (Å²) in [5, 5.41) is 1.91. The summed E-state index contributed by atoms with van der Waals surface area (Å²) >= 11 is 3.00. The van der Waals surface area contributed by atoms with E-state index in [1.54, 1.807) is 15.7 Å². The second-order valence-electron chi connectivity index (χ2n) is 3.74. The molecule has 3 aromatic heterocycles. The second-order valence-corrected chi connectivity index (χ2v) is 5.66. The van der Waals surface area contributed by atoms with E-state index in [1.807, 2.05) is 35.7 Å². The van der Waals surface area contributed by atoms with E-state index in [2.05, 4.69) is 4.98 Å². The van der Waals surface area contributed by atoms with Gasteiger partial charge >= 0.3 is 0 Å². The Balaban J connectivity index is 2.42. The van der Waals surface area contributed by atoms with Crippen LogP contribution >= 0.6 is 22.7 Å². The molecule has 0 aliphatic carbocycles. The Morgan fingerprint density at radius 1 is 1.18 bits per heavy atom. The molecule has 0 saturated carbocycles. The van der Waals surface area contributed by atoms with E-state index in [1.165, 1.54) is 11.3 Å². The van der Waals surface area contributed by atoms with Gasteiger partial charge in [-0.25, -0.2) is 9.38 Å². The first-order chi connectivity index (χ1) is 8.34. The molecule has 5 heteroatoms. The third-order valence-corrected chi connectivity index (χ3v) is 4.67. The lowest BCUT2D eigenvalue weighted by Gasteiger charge is -1.94. The Bertz CT molecular complexity index is 916. The van der Waals surface area contributed by atoms with Gasteiger partial charge in [0.2, 0.25) is 0 Å². The molecule has 0 bridgehead atoms. The highest BCUT2D eigenvalue weighted by molar-refractivity contribution is 7.23. The van der Waals surface area contributed by atoms with E-state index in [0.717, 1.165) is 25.4 Å². The van der Waals surface area contributed by atoms with Crippen LogP contribution in [0.2, 0.25) is 0 Å². The van der Waals surface area contributed by atoms with Gasteiger partial charge in [0.25, 0.3) is 5.56 Å². The topological polar surface area (TPSA) is 34.4 Å². The first-order valence-corrected chi connectivity index (χ1v) is 6.82. The van der Waals surface area contributed by atoms with Crippen LogP contribution in [0.25, 0.3) is 25.4 Å². The fourth-order valence-corrected chi connectivity index (χ4v) is 3.78. The molecule has 4 aromatic rings. The summed E-state index contributed by atoms with van der Waals surface area (Å²) in [7, 11) is 0. The van der Waals surface area contributed by atoms with Crippen molar-refractivity contribution >= 4 is 48.1 Å². The number of fused-ring (bicyclic) bond motifs is 4. The summed E-state index contributed by atoms with van der Waals surface area (Å²) in [4.78, 5) is 17.7. The lowest BCUT2D eigenvalue weighted by atomic mass is 10.3. The fourth-order valence-electron chi connectivity index (χ4n) is 2.00. The smallest absolute Gasteiger partial charge is 0.267 e. The number of thiophene rings is 1. The standard InChI is InChI=1S/C12H6N2OS2/c15-11-10-7(5-6-16-10)13-12-14(11)8-3-1-2-4-9(8)17-12/h1-6H. The molecule has 0 unspecified atom stereocenters. The Morgan fingerprint density at radius 2 is 2.06 bits per heavy atom. The molecule has 0 aliphatic rings. The number of nitrogens with zero attached hydrogens (tertiary/aromatic N) is 2. The number of rotatable bonds is 0. The predicted octanol–water partition coefficient (Wildman–Crippen LogP) is 3.12. The third kappa shape index (κ3) is 1.15. The molecule has 0 spiro atoms. The first-order valence-electron chi connectivity index (χ1n) is 5.12. The van der Waals surface area contributed by atoms with Crippen molar-refractivity contribution < 1.29 is 0 Å². The predicted molar refractivity (Wildman–Crippen MR) is 72.2 cm³/mol. The van der Waals surface area contributed by atoms with Crippen LogP contribution in [0.15, 0.2) is 40.5 Å². The van der Waals surface area contributed by atoms with Gasteiger partial charge < -0.3 is 0 Å². The lowest BCUT2D eigenvalue weighted by Crippen LogP contribution is -2.11. The van der Waals surface area contributed by atoms with E-state index >= 15 is 0 Å². The van der Waals surface area contributed by atoms with Crippen molar-refractivity contribution in [2.24, 2.45) is 0 Å². The number of para-hydroxylation sites is 1. The molecule has 0 amide bonds. The summed E-state index contributed by atoms with van der Waals surface area (Å²) in [6, 6.07) is 9.79. The van der Waals surface area contributed by atoms with Crippen LogP contribution in [-0.4, -0.2) is 9.38 Å². The molecular weight excluding hydrogens is 252 g/mol. The van der Waals surface area contributed by atoms with E-state index in [0.29, 0.717) is 0 Å². The highest BCUT2D eigenvalue weighted by Gasteiger charge is 2.11. The Hall–Kier alpha value is -1.72. The van der Waals surface area contributed by atoms with E-state index in [4.69, 9.17) is 0 Å². The van der Waals surface area contributed by atoms with Crippen molar-refractivity contribution in [3.8, 4) is 0 Å². The molecule has 0 fully saturated rings. The molecular formula is C12H6N2OS2. The quantitative estimate of drug-likeness (QED) is 0.485. The van der Waals surface area contributed by atoms with Gasteiger partial charge in [-0.15, -0.1) is 11.3 Å². The van der Waals surface area contributed by atoms with Gasteiger partial charge in [-0.2, -0.15) is 0 Å². The Morgan fingerprint density at radius 3 is 3.00 bits per heavy atom. The normalized spacial score (nSPS) is 11.8. The number of benzene rings is 1. The van der Waals surface area contributed by atoms with E-state index in [9.17, 15) is 4.79 Å². The van der Waals surface area contributed by atoms with Gasteiger partial charge in [-0.3, -0.25) is 4.79 Å². The Labute approximate surface area is 104 Å².